The standard InChI is InChI=1S/C11H13N5O3S/c1-15-5-4-7(6-9(15)17)10-13-14-11(20(12,18)19)16(10)8-2-3-8/h4-6,8H,2-3H2,1H3,(H2,12,18,19). The van der Waals surface area contributed by atoms with Gasteiger partial charge in [0.1, 0.15) is 0 Å². The monoisotopic (exact) mass is 295 g/mol. The fourth-order valence-electron chi connectivity index (χ4n) is 2.02. The number of hydrogen-bond acceptors (Lipinski definition) is 5. The maximum absolute atomic E-state index is 11.7. The minimum Gasteiger partial charge on any atom is -0.319 e. The summed E-state index contributed by atoms with van der Waals surface area (Å²) >= 11 is 0. The lowest BCUT2D eigenvalue weighted by Crippen LogP contribution is -2.19. The predicted molar refractivity (Wildman–Crippen MR) is 70.3 cm³/mol. The van der Waals surface area contributed by atoms with Crippen LogP contribution in [0.3, 0.4) is 0 Å². The summed E-state index contributed by atoms with van der Waals surface area (Å²) in [5.74, 6) is 0.356. The molecule has 9 heteroatoms. The first-order valence-electron chi connectivity index (χ1n) is 6.02. The summed E-state index contributed by atoms with van der Waals surface area (Å²) in [6, 6.07) is 3.12. The molecule has 106 valence electrons. The molecule has 0 spiro atoms. The second kappa shape index (κ2) is 4.25. The van der Waals surface area contributed by atoms with Crippen LogP contribution in [-0.2, 0) is 17.1 Å². The summed E-state index contributed by atoms with van der Waals surface area (Å²) in [6.45, 7) is 0. The van der Waals surface area contributed by atoms with Gasteiger partial charge in [-0.05, 0) is 18.9 Å². The minimum atomic E-state index is -3.94. The first-order chi connectivity index (χ1) is 9.38. The van der Waals surface area contributed by atoms with Crippen molar-refractivity contribution in [2.24, 2.45) is 12.2 Å². The highest BCUT2D eigenvalue weighted by Crippen LogP contribution is 2.39. The van der Waals surface area contributed by atoms with E-state index in [0.717, 1.165) is 12.8 Å². The van der Waals surface area contributed by atoms with Gasteiger partial charge in [0.05, 0.1) is 0 Å². The molecule has 1 fully saturated rings. The number of primary sulfonamides is 1. The second-order valence-corrected chi connectivity index (χ2v) is 6.27. The lowest BCUT2D eigenvalue weighted by molar-refractivity contribution is 0.567. The number of nitrogens with zero attached hydrogens (tertiary/aromatic N) is 4. The Morgan fingerprint density at radius 3 is 2.60 bits per heavy atom. The van der Waals surface area contributed by atoms with Crippen molar-refractivity contribution in [2.75, 3.05) is 0 Å². The number of rotatable bonds is 3. The van der Waals surface area contributed by atoms with Crippen molar-refractivity contribution < 1.29 is 8.42 Å². The van der Waals surface area contributed by atoms with Gasteiger partial charge in [0.25, 0.3) is 20.7 Å². The molecule has 0 bridgehead atoms. The predicted octanol–water partition coefficient (Wildman–Crippen LogP) is -0.374. The summed E-state index contributed by atoms with van der Waals surface area (Å²) in [7, 11) is -2.31. The fourth-order valence-corrected chi connectivity index (χ4v) is 2.68. The van der Waals surface area contributed by atoms with Gasteiger partial charge in [0, 0.05) is 30.9 Å². The summed E-state index contributed by atoms with van der Waals surface area (Å²) < 4.78 is 26.0. The summed E-state index contributed by atoms with van der Waals surface area (Å²) in [5.41, 5.74) is 0.326. The first-order valence-corrected chi connectivity index (χ1v) is 7.57. The quantitative estimate of drug-likeness (QED) is 0.829. The van der Waals surface area contributed by atoms with Gasteiger partial charge < -0.3 is 4.57 Å². The molecule has 1 aliphatic rings. The average molecular weight is 295 g/mol. The molecule has 0 aliphatic heterocycles. The summed E-state index contributed by atoms with van der Waals surface area (Å²) in [5, 5.41) is 12.5. The van der Waals surface area contributed by atoms with Crippen molar-refractivity contribution in [1.82, 2.24) is 19.3 Å². The number of pyridine rings is 1. The Morgan fingerprint density at radius 2 is 2.05 bits per heavy atom. The molecule has 1 aliphatic carbocycles. The average Bonchev–Trinajstić information content (AvgIpc) is 3.10. The molecule has 0 unspecified atom stereocenters. The molecule has 2 aromatic heterocycles. The van der Waals surface area contributed by atoms with E-state index < -0.39 is 10.0 Å². The molecule has 0 atom stereocenters. The largest absolute Gasteiger partial charge is 0.319 e. The van der Waals surface area contributed by atoms with Gasteiger partial charge in [-0.25, -0.2) is 13.6 Å². The van der Waals surface area contributed by atoms with E-state index in [9.17, 15) is 13.2 Å². The van der Waals surface area contributed by atoms with Crippen LogP contribution in [0.1, 0.15) is 18.9 Å². The number of aryl methyl sites for hydroxylation is 1. The number of aromatic nitrogens is 4. The SMILES string of the molecule is Cn1ccc(-c2nnc(S(N)(=O)=O)n2C2CC2)cc1=O. The van der Waals surface area contributed by atoms with Gasteiger partial charge in [-0.1, -0.05) is 0 Å². The van der Waals surface area contributed by atoms with Crippen molar-refractivity contribution in [3.8, 4) is 11.4 Å². The summed E-state index contributed by atoms with van der Waals surface area (Å²) in [6.07, 6.45) is 3.29. The Hall–Kier alpha value is -2.00. The maximum Gasteiger partial charge on any atom is 0.273 e. The van der Waals surface area contributed by atoms with Gasteiger partial charge in [-0.3, -0.25) is 9.36 Å². The molecule has 20 heavy (non-hydrogen) atoms. The van der Waals surface area contributed by atoms with Crippen LogP contribution in [0.25, 0.3) is 11.4 Å². The molecular formula is C11H13N5O3S. The highest BCUT2D eigenvalue weighted by atomic mass is 32.2. The minimum absolute atomic E-state index is 0.0254. The van der Waals surface area contributed by atoms with Gasteiger partial charge in [-0.2, -0.15) is 0 Å². The Kier molecular flexibility index (Phi) is 2.76. The zero-order valence-corrected chi connectivity index (χ0v) is 11.5. The van der Waals surface area contributed by atoms with E-state index in [4.69, 9.17) is 5.14 Å². The van der Waals surface area contributed by atoms with Crippen LogP contribution < -0.4 is 10.7 Å². The van der Waals surface area contributed by atoms with Crippen LogP contribution >= 0.6 is 0 Å². The molecule has 8 nitrogen and oxygen atoms in total. The van der Waals surface area contributed by atoms with Gasteiger partial charge in [0.2, 0.25) is 0 Å². The topological polar surface area (TPSA) is 113 Å². The molecule has 0 amide bonds. The molecule has 0 saturated heterocycles. The summed E-state index contributed by atoms with van der Waals surface area (Å²) in [4.78, 5) is 11.7. The fraction of sp³-hybridized carbons (Fsp3) is 0.364. The molecule has 1 saturated carbocycles. The van der Waals surface area contributed by atoms with E-state index >= 15 is 0 Å². The van der Waals surface area contributed by atoms with E-state index in [2.05, 4.69) is 10.2 Å². The Morgan fingerprint density at radius 1 is 1.35 bits per heavy atom. The van der Waals surface area contributed by atoms with E-state index in [1.165, 1.54) is 15.2 Å². The molecule has 2 N–H and O–H groups in total. The third-order valence-corrected chi connectivity index (χ3v) is 3.98. The lowest BCUT2D eigenvalue weighted by atomic mass is 10.2. The van der Waals surface area contributed by atoms with E-state index in [-0.39, 0.29) is 16.8 Å². The van der Waals surface area contributed by atoms with Gasteiger partial charge >= 0.3 is 0 Å². The van der Waals surface area contributed by atoms with Gasteiger partial charge in [0.15, 0.2) is 5.82 Å². The highest BCUT2D eigenvalue weighted by Gasteiger charge is 2.33. The van der Waals surface area contributed by atoms with Crippen molar-refractivity contribution in [2.45, 2.75) is 24.0 Å². The van der Waals surface area contributed by atoms with Crippen LogP contribution in [0, 0.1) is 0 Å². The molecular weight excluding hydrogens is 282 g/mol. The van der Waals surface area contributed by atoms with Crippen molar-refractivity contribution in [3.63, 3.8) is 0 Å². The van der Waals surface area contributed by atoms with Crippen LogP contribution in [0.2, 0.25) is 0 Å². The van der Waals surface area contributed by atoms with E-state index in [1.807, 2.05) is 0 Å². The molecule has 3 rings (SSSR count). The Bertz CT molecular complexity index is 832. The highest BCUT2D eigenvalue weighted by molar-refractivity contribution is 7.89. The van der Waals surface area contributed by atoms with E-state index in [0.29, 0.717) is 11.4 Å². The van der Waals surface area contributed by atoms with E-state index in [1.54, 1.807) is 19.3 Å². The molecule has 2 heterocycles. The molecule has 2 aromatic rings. The normalized spacial score (nSPS) is 15.5. The van der Waals surface area contributed by atoms with Crippen molar-refractivity contribution in [1.29, 1.82) is 0 Å². The van der Waals surface area contributed by atoms with Crippen molar-refractivity contribution >= 4 is 10.0 Å². The maximum atomic E-state index is 11.7. The van der Waals surface area contributed by atoms with Crippen LogP contribution in [0.15, 0.2) is 28.3 Å². The number of sulfonamides is 1. The van der Waals surface area contributed by atoms with Crippen LogP contribution in [0.5, 0.6) is 0 Å². The molecule has 0 radical (unpaired) electrons. The van der Waals surface area contributed by atoms with Gasteiger partial charge in [-0.15, -0.1) is 10.2 Å². The lowest BCUT2D eigenvalue weighted by Gasteiger charge is -2.07. The zero-order chi connectivity index (χ0) is 14.5. The van der Waals surface area contributed by atoms with Crippen molar-refractivity contribution in [3.05, 3.63) is 28.7 Å². The van der Waals surface area contributed by atoms with Crippen LogP contribution in [-0.4, -0.2) is 27.7 Å². The third kappa shape index (κ3) is 2.14. The van der Waals surface area contributed by atoms with Crippen LogP contribution in [0.4, 0.5) is 0 Å². The second-order valence-electron chi connectivity index (χ2n) is 4.82. The number of hydrogen-bond donors (Lipinski definition) is 1. The third-order valence-electron chi connectivity index (χ3n) is 3.19. The smallest absolute Gasteiger partial charge is 0.273 e. The molecule has 0 aromatic carbocycles. The Labute approximate surface area is 114 Å². The Balaban J connectivity index is 2.22. The zero-order valence-electron chi connectivity index (χ0n) is 10.7. The number of nitrogens with two attached hydrogens (primary N) is 1. The first kappa shape index (κ1) is 13.0.